The van der Waals surface area contributed by atoms with Crippen molar-refractivity contribution in [2.75, 3.05) is 13.2 Å². The number of nitrogens with one attached hydrogen (secondary N) is 1. The number of carbonyl (C=O) groups is 1. The van der Waals surface area contributed by atoms with Crippen LogP contribution in [-0.4, -0.2) is 24.2 Å². The molecule has 1 rings (SSSR count). The highest BCUT2D eigenvalue weighted by molar-refractivity contribution is 5.78. The van der Waals surface area contributed by atoms with E-state index in [1.54, 1.807) is 0 Å². The minimum atomic E-state index is 0.0110. The van der Waals surface area contributed by atoms with Gasteiger partial charge in [0.25, 0.3) is 0 Å². The molecule has 0 bridgehead atoms. The first kappa shape index (κ1) is 15.7. The maximum atomic E-state index is 11.7. The van der Waals surface area contributed by atoms with Gasteiger partial charge in [0, 0.05) is 13.2 Å². The molecule has 1 aromatic rings. The number of carbonyl (C=O) groups excluding carboxylic acids is 1. The summed E-state index contributed by atoms with van der Waals surface area (Å²) in [5, 5.41) is 11.7. The Morgan fingerprint density at radius 3 is 2.26 bits per heavy atom. The Bertz CT molecular complexity index is 384. The van der Waals surface area contributed by atoms with E-state index in [-0.39, 0.29) is 18.4 Å². The van der Waals surface area contributed by atoms with E-state index in [0.29, 0.717) is 18.9 Å². The predicted octanol–water partition coefficient (Wildman–Crippen LogP) is 2.17. The molecule has 0 aliphatic carbocycles. The summed E-state index contributed by atoms with van der Waals surface area (Å²) in [6.45, 7) is 6.93. The number of rotatable bonds is 7. The van der Waals surface area contributed by atoms with E-state index in [0.717, 1.165) is 12.0 Å². The van der Waals surface area contributed by atoms with E-state index < -0.39 is 0 Å². The largest absolute Gasteiger partial charge is 0.396 e. The van der Waals surface area contributed by atoms with Crippen LogP contribution in [0, 0.1) is 11.8 Å². The van der Waals surface area contributed by atoms with Gasteiger partial charge in [-0.05, 0) is 29.4 Å². The quantitative estimate of drug-likeness (QED) is 0.792. The molecule has 0 fully saturated rings. The molecule has 1 amide bonds. The van der Waals surface area contributed by atoms with Crippen molar-refractivity contribution in [3.63, 3.8) is 0 Å². The van der Waals surface area contributed by atoms with E-state index in [1.165, 1.54) is 5.56 Å². The number of aliphatic hydroxyl groups excluding tert-OH is 1. The van der Waals surface area contributed by atoms with Crippen molar-refractivity contribution in [1.82, 2.24) is 5.32 Å². The summed E-state index contributed by atoms with van der Waals surface area (Å²) in [7, 11) is 0. The predicted molar refractivity (Wildman–Crippen MR) is 77.9 cm³/mol. The minimum absolute atomic E-state index is 0.0110. The lowest BCUT2D eigenvalue weighted by Crippen LogP contribution is -2.30. The Morgan fingerprint density at radius 1 is 1.16 bits per heavy atom. The number of aliphatic hydroxyl groups is 1. The third-order valence-electron chi connectivity index (χ3n) is 2.99. The van der Waals surface area contributed by atoms with E-state index in [1.807, 2.05) is 19.1 Å². The lowest BCUT2D eigenvalue weighted by Gasteiger charge is -2.10. The van der Waals surface area contributed by atoms with Crippen LogP contribution in [0.25, 0.3) is 0 Å². The second kappa shape index (κ2) is 7.95. The second-order valence-corrected chi connectivity index (χ2v) is 5.68. The van der Waals surface area contributed by atoms with Crippen LogP contribution in [0.2, 0.25) is 0 Å². The molecule has 0 radical (unpaired) electrons. The number of hydrogen-bond donors (Lipinski definition) is 2. The molecular formula is C16H25NO2. The first-order valence-electron chi connectivity index (χ1n) is 6.96. The maximum absolute atomic E-state index is 11.7. The summed E-state index contributed by atoms with van der Waals surface area (Å²) < 4.78 is 0. The molecule has 106 valence electrons. The third-order valence-corrected chi connectivity index (χ3v) is 2.99. The van der Waals surface area contributed by atoms with Crippen molar-refractivity contribution >= 4 is 5.91 Å². The highest BCUT2D eigenvalue weighted by Gasteiger charge is 2.06. The molecule has 0 aliphatic heterocycles. The summed E-state index contributed by atoms with van der Waals surface area (Å²) in [5.74, 6) is 0.767. The molecule has 1 atom stereocenters. The lowest BCUT2D eigenvalue weighted by molar-refractivity contribution is -0.120. The fourth-order valence-electron chi connectivity index (χ4n) is 1.87. The van der Waals surface area contributed by atoms with Crippen molar-refractivity contribution in [3.05, 3.63) is 35.4 Å². The Labute approximate surface area is 116 Å². The summed E-state index contributed by atoms with van der Waals surface area (Å²) >= 11 is 0. The molecule has 0 saturated heterocycles. The topological polar surface area (TPSA) is 49.3 Å². The maximum Gasteiger partial charge on any atom is 0.224 e. The molecular weight excluding hydrogens is 238 g/mol. The van der Waals surface area contributed by atoms with Crippen LogP contribution < -0.4 is 5.32 Å². The molecule has 0 aliphatic rings. The van der Waals surface area contributed by atoms with Crippen molar-refractivity contribution in [2.45, 2.75) is 33.6 Å². The normalized spacial score (nSPS) is 12.5. The molecule has 0 aromatic heterocycles. The Kier molecular flexibility index (Phi) is 6.57. The smallest absolute Gasteiger partial charge is 0.224 e. The van der Waals surface area contributed by atoms with Gasteiger partial charge in [0.2, 0.25) is 5.91 Å². The van der Waals surface area contributed by atoms with Gasteiger partial charge in [0.05, 0.1) is 6.42 Å². The fourth-order valence-corrected chi connectivity index (χ4v) is 1.87. The molecule has 1 unspecified atom stereocenters. The number of amides is 1. The molecule has 3 nitrogen and oxygen atoms in total. The van der Waals surface area contributed by atoms with Crippen LogP contribution in [0.1, 0.15) is 31.9 Å². The molecule has 19 heavy (non-hydrogen) atoms. The number of hydrogen-bond acceptors (Lipinski definition) is 2. The van der Waals surface area contributed by atoms with Gasteiger partial charge >= 0.3 is 0 Å². The van der Waals surface area contributed by atoms with E-state index >= 15 is 0 Å². The third kappa shape index (κ3) is 6.39. The second-order valence-electron chi connectivity index (χ2n) is 5.68. The lowest BCUT2D eigenvalue weighted by atomic mass is 10.0. The van der Waals surface area contributed by atoms with Crippen molar-refractivity contribution in [3.8, 4) is 0 Å². The highest BCUT2D eigenvalue weighted by atomic mass is 16.3. The van der Waals surface area contributed by atoms with Crippen LogP contribution >= 0.6 is 0 Å². The van der Waals surface area contributed by atoms with Crippen molar-refractivity contribution in [2.24, 2.45) is 11.8 Å². The molecule has 0 spiro atoms. The standard InChI is InChI=1S/C16H25NO2/c1-12(2)8-14-4-6-15(7-5-14)9-16(19)17-10-13(3)11-18/h4-7,12-13,18H,8-11H2,1-3H3,(H,17,19). The summed E-state index contributed by atoms with van der Waals surface area (Å²) in [4.78, 5) is 11.7. The Balaban J connectivity index is 2.42. The first-order valence-corrected chi connectivity index (χ1v) is 6.96. The van der Waals surface area contributed by atoms with Gasteiger partial charge in [-0.25, -0.2) is 0 Å². The zero-order valence-electron chi connectivity index (χ0n) is 12.1. The van der Waals surface area contributed by atoms with Crippen LogP contribution in [0.3, 0.4) is 0 Å². The van der Waals surface area contributed by atoms with Gasteiger partial charge in [-0.2, -0.15) is 0 Å². The van der Waals surface area contributed by atoms with Crippen molar-refractivity contribution < 1.29 is 9.90 Å². The summed E-state index contributed by atoms with van der Waals surface area (Å²) in [6, 6.07) is 8.23. The van der Waals surface area contributed by atoms with Gasteiger partial charge in [-0.3, -0.25) is 4.79 Å². The summed E-state index contributed by atoms with van der Waals surface area (Å²) in [5.41, 5.74) is 2.34. The molecule has 2 N–H and O–H groups in total. The monoisotopic (exact) mass is 263 g/mol. The SMILES string of the molecule is CC(C)Cc1ccc(CC(=O)NCC(C)CO)cc1. The highest BCUT2D eigenvalue weighted by Crippen LogP contribution is 2.10. The zero-order chi connectivity index (χ0) is 14.3. The summed E-state index contributed by atoms with van der Waals surface area (Å²) in [6.07, 6.45) is 1.47. The molecule has 1 aromatic carbocycles. The Morgan fingerprint density at radius 2 is 1.74 bits per heavy atom. The number of benzene rings is 1. The van der Waals surface area contributed by atoms with Gasteiger partial charge in [0.1, 0.15) is 0 Å². The van der Waals surface area contributed by atoms with E-state index in [9.17, 15) is 4.79 Å². The van der Waals surface area contributed by atoms with Crippen LogP contribution in [0.4, 0.5) is 0 Å². The van der Waals surface area contributed by atoms with Crippen molar-refractivity contribution in [1.29, 1.82) is 0 Å². The molecule has 3 heteroatoms. The van der Waals surface area contributed by atoms with Gasteiger partial charge < -0.3 is 10.4 Å². The fraction of sp³-hybridized carbons (Fsp3) is 0.562. The van der Waals surface area contributed by atoms with Crippen LogP contribution in [0.5, 0.6) is 0 Å². The molecule has 0 heterocycles. The van der Waals surface area contributed by atoms with Gasteiger partial charge in [-0.1, -0.05) is 45.0 Å². The van der Waals surface area contributed by atoms with Gasteiger partial charge in [-0.15, -0.1) is 0 Å². The first-order chi connectivity index (χ1) is 9.01. The average molecular weight is 263 g/mol. The van der Waals surface area contributed by atoms with Crippen LogP contribution in [-0.2, 0) is 17.6 Å². The van der Waals surface area contributed by atoms with Crippen LogP contribution in [0.15, 0.2) is 24.3 Å². The average Bonchev–Trinajstić information content (AvgIpc) is 2.37. The molecule has 0 saturated carbocycles. The van der Waals surface area contributed by atoms with Gasteiger partial charge in [0.15, 0.2) is 0 Å². The Hall–Kier alpha value is -1.35. The zero-order valence-corrected chi connectivity index (χ0v) is 12.1. The van der Waals surface area contributed by atoms with E-state index in [2.05, 4.69) is 31.3 Å². The minimum Gasteiger partial charge on any atom is -0.396 e. The van der Waals surface area contributed by atoms with E-state index in [4.69, 9.17) is 5.11 Å².